The molecule has 2 heterocycles. The molecule has 1 aromatic heterocycles. The fourth-order valence-corrected chi connectivity index (χ4v) is 2.93. The van der Waals surface area contributed by atoms with Gasteiger partial charge in [-0.25, -0.2) is 12.7 Å². The molecule has 18 heavy (non-hydrogen) atoms. The van der Waals surface area contributed by atoms with E-state index in [4.69, 9.17) is 11.5 Å². The average molecular weight is 272 g/mol. The Balaban J connectivity index is 2.10. The van der Waals surface area contributed by atoms with Crippen LogP contribution >= 0.6 is 0 Å². The van der Waals surface area contributed by atoms with E-state index in [1.54, 1.807) is 0 Å². The summed E-state index contributed by atoms with van der Waals surface area (Å²) in [6, 6.07) is 0. The van der Waals surface area contributed by atoms with E-state index in [2.05, 4.69) is 15.0 Å². The monoisotopic (exact) mass is 272 g/mol. The zero-order valence-electron chi connectivity index (χ0n) is 10.1. The Labute approximate surface area is 105 Å². The zero-order valence-corrected chi connectivity index (χ0v) is 10.9. The minimum Gasteiger partial charge on any atom is -0.368 e. The lowest BCUT2D eigenvalue weighted by Crippen LogP contribution is -2.37. The van der Waals surface area contributed by atoms with E-state index < -0.39 is 10.0 Å². The van der Waals surface area contributed by atoms with Crippen LogP contribution in [0.15, 0.2) is 0 Å². The number of aromatic nitrogens is 3. The molecule has 0 bridgehead atoms. The molecule has 4 N–H and O–H groups in total. The molecule has 1 saturated heterocycles. The van der Waals surface area contributed by atoms with Gasteiger partial charge in [0.25, 0.3) is 0 Å². The highest BCUT2D eigenvalue weighted by Gasteiger charge is 2.27. The number of hydrogen-bond acceptors (Lipinski definition) is 7. The second kappa shape index (κ2) is 4.65. The number of anilines is 2. The van der Waals surface area contributed by atoms with Gasteiger partial charge in [0.15, 0.2) is 0 Å². The maximum Gasteiger partial charge on any atom is 0.225 e. The number of sulfonamides is 1. The summed E-state index contributed by atoms with van der Waals surface area (Å²) in [5, 5.41) is 0. The van der Waals surface area contributed by atoms with Crippen molar-refractivity contribution >= 4 is 21.9 Å². The summed E-state index contributed by atoms with van der Waals surface area (Å²) in [6.45, 7) is 0.935. The standard InChI is InChI=1S/C9H16N6O2S/c1-18(16,17)15-4-2-6(3-5-15)7-12-8(10)14-9(11)13-7/h6H,2-5H2,1H3,(H4,10,11,12,13,14). The fraction of sp³-hybridized carbons (Fsp3) is 0.667. The first kappa shape index (κ1) is 13.0. The molecule has 1 fully saturated rings. The maximum absolute atomic E-state index is 11.4. The number of hydrogen-bond donors (Lipinski definition) is 2. The topological polar surface area (TPSA) is 128 Å². The van der Waals surface area contributed by atoms with Crippen molar-refractivity contribution in [1.29, 1.82) is 0 Å². The van der Waals surface area contributed by atoms with Gasteiger partial charge in [-0.05, 0) is 12.8 Å². The molecule has 0 aromatic carbocycles. The van der Waals surface area contributed by atoms with Gasteiger partial charge in [0.2, 0.25) is 21.9 Å². The minimum absolute atomic E-state index is 0.0793. The van der Waals surface area contributed by atoms with Crippen LogP contribution in [0.25, 0.3) is 0 Å². The molecule has 9 heteroatoms. The normalized spacial score (nSPS) is 18.9. The largest absolute Gasteiger partial charge is 0.368 e. The molecule has 0 radical (unpaired) electrons. The van der Waals surface area contributed by atoms with Gasteiger partial charge in [-0.15, -0.1) is 0 Å². The predicted molar refractivity (Wildman–Crippen MR) is 67.0 cm³/mol. The molecule has 1 aliphatic heterocycles. The van der Waals surface area contributed by atoms with Crippen molar-refractivity contribution in [1.82, 2.24) is 19.3 Å². The van der Waals surface area contributed by atoms with Gasteiger partial charge in [-0.2, -0.15) is 15.0 Å². The van der Waals surface area contributed by atoms with Crippen molar-refractivity contribution in [3.8, 4) is 0 Å². The summed E-state index contributed by atoms with van der Waals surface area (Å²) in [4.78, 5) is 11.8. The lowest BCUT2D eigenvalue weighted by Gasteiger charge is -2.29. The molecular formula is C9H16N6O2S. The van der Waals surface area contributed by atoms with Crippen LogP contribution in [0.2, 0.25) is 0 Å². The van der Waals surface area contributed by atoms with Gasteiger partial charge in [0, 0.05) is 19.0 Å². The highest BCUT2D eigenvalue weighted by atomic mass is 32.2. The molecule has 1 aromatic rings. The van der Waals surface area contributed by atoms with Gasteiger partial charge in [0.1, 0.15) is 5.82 Å². The molecule has 0 spiro atoms. The van der Waals surface area contributed by atoms with Gasteiger partial charge in [-0.1, -0.05) is 0 Å². The third-order valence-corrected chi connectivity index (χ3v) is 4.28. The van der Waals surface area contributed by atoms with Crippen molar-refractivity contribution in [3.63, 3.8) is 0 Å². The summed E-state index contributed by atoms with van der Waals surface area (Å²) >= 11 is 0. The third-order valence-electron chi connectivity index (χ3n) is 2.98. The quantitative estimate of drug-likeness (QED) is 0.719. The number of nitrogens with zero attached hydrogens (tertiary/aromatic N) is 4. The first-order valence-electron chi connectivity index (χ1n) is 5.58. The third kappa shape index (κ3) is 2.85. The molecular weight excluding hydrogens is 256 g/mol. The zero-order chi connectivity index (χ0) is 13.3. The summed E-state index contributed by atoms with van der Waals surface area (Å²) < 4.78 is 24.2. The number of rotatable bonds is 2. The van der Waals surface area contributed by atoms with E-state index in [0.29, 0.717) is 31.8 Å². The van der Waals surface area contributed by atoms with Crippen LogP contribution in [0.4, 0.5) is 11.9 Å². The molecule has 1 aliphatic rings. The lowest BCUT2D eigenvalue weighted by molar-refractivity contribution is 0.315. The van der Waals surface area contributed by atoms with E-state index in [-0.39, 0.29) is 17.8 Å². The van der Waals surface area contributed by atoms with Crippen LogP contribution in [-0.2, 0) is 10.0 Å². The Morgan fingerprint density at radius 3 is 2.06 bits per heavy atom. The Morgan fingerprint density at radius 1 is 1.11 bits per heavy atom. The highest BCUT2D eigenvalue weighted by Crippen LogP contribution is 2.26. The summed E-state index contributed by atoms with van der Waals surface area (Å²) in [6.07, 6.45) is 2.54. The fourth-order valence-electron chi connectivity index (χ4n) is 2.06. The van der Waals surface area contributed by atoms with Crippen molar-refractivity contribution < 1.29 is 8.42 Å². The SMILES string of the molecule is CS(=O)(=O)N1CCC(c2nc(N)nc(N)n2)CC1. The number of nitrogen functional groups attached to an aromatic ring is 2. The van der Waals surface area contributed by atoms with Gasteiger partial charge in [0.05, 0.1) is 6.26 Å². The minimum atomic E-state index is -3.12. The Morgan fingerprint density at radius 2 is 1.61 bits per heavy atom. The van der Waals surface area contributed by atoms with E-state index in [1.807, 2.05) is 0 Å². The Bertz CT molecular complexity index is 518. The molecule has 8 nitrogen and oxygen atoms in total. The molecule has 0 atom stereocenters. The van der Waals surface area contributed by atoms with Crippen LogP contribution in [0, 0.1) is 0 Å². The summed E-state index contributed by atoms with van der Waals surface area (Å²) in [5.74, 6) is 0.829. The highest BCUT2D eigenvalue weighted by molar-refractivity contribution is 7.88. The molecule has 0 saturated carbocycles. The molecule has 0 amide bonds. The van der Waals surface area contributed by atoms with Crippen LogP contribution in [0.1, 0.15) is 24.6 Å². The Hall–Kier alpha value is -1.48. The average Bonchev–Trinajstić information content (AvgIpc) is 2.27. The molecule has 2 rings (SSSR count). The van der Waals surface area contributed by atoms with Crippen LogP contribution in [-0.4, -0.2) is 47.0 Å². The summed E-state index contributed by atoms with van der Waals surface area (Å²) in [7, 11) is -3.12. The van der Waals surface area contributed by atoms with E-state index in [9.17, 15) is 8.42 Å². The van der Waals surface area contributed by atoms with Crippen molar-refractivity contribution in [2.75, 3.05) is 30.8 Å². The Kier molecular flexibility index (Phi) is 3.35. The first-order valence-corrected chi connectivity index (χ1v) is 7.43. The van der Waals surface area contributed by atoms with E-state index in [0.717, 1.165) is 0 Å². The van der Waals surface area contributed by atoms with Crippen molar-refractivity contribution in [2.24, 2.45) is 0 Å². The van der Waals surface area contributed by atoms with E-state index >= 15 is 0 Å². The second-order valence-electron chi connectivity index (χ2n) is 4.35. The van der Waals surface area contributed by atoms with Gasteiger partial charge < -0.3 is 11.5 Å². The lowest BCUT2D eigenvalue weighted by atomic mass is 9.97. The van der Waals surface area contributed by atoms with Crippen molar-refractivity contribution in [3.05, 3.63) is 5.82 Å². The predicted octanol–water partition coefficient (Wildman–Crippen LogP) is -0.825. The van der Waals surface area contributed by atoms with Crippen LogP contribution < -0.4 is 11.5 Å². The molecule has 100 valence electrons. The maximum atomic E-state index is 11.4. The second-order valence-corrected chi connectivity index (χ2v) is 6.33. The van der Waals surface area contributed by atoms with Crippen LogP contribution in [0.3, 0.4) is 0 Å². The van der Waals surface area contributed by atoms with Crippen molar-refractivity contribution in [2.45, 2.75) is 18.8 Å². The summed E-state index contributed by atoms with van der Waals surface area (Å²) in [5.41, 5.74) is 11.0. The number of nitrogens with two attached hydrogens (primary N) is 2. The smallest absolute Gasteiger partial charge is 0.225 e. The van der Waals surface area contributed by atoms with E-state index in [1.165, 1.54) is 10.6 Å². The van der Waals surface area contributed by atoms with Gasteiger partial charge in [-0.3, -0.25) is 0 Å². The molecule has 0 aliphatic carbocycles. The number of piperidine rings is 1. The van der Waals surface area contributed by atoms with Gasteiger partial charge >= 0.3 is 0 Å². The van der Waals surface area contributed by atoms with Crippen LogP contribution in [0.5, 0.6) is 0 Å². The first-order chi connectivity index (χ1) is 8.36. The molecule has 0 unspecified atom stereocenters.